The number of ether oxygens (including phenoxy) is 1. The number of halogens is 1. The molecule has 2 rings (SSSR count). The molecule has 0 aliphatic carbocycles. The van der Waals surface area contributed by atoms with Gasteiger partial charge in [-0.2, -0.15) is 10.1 Å². The summed E-state index contributed by atoms with van der Waals surface area (Å²) < 4.78 is 7.26. The Morgan fingerprint density at radius 1 is 1.47 bits per heavy atom. The van der Waals surface area contributed by atoms with Crippen LogP contribution in [0.2, 0.25) is 5.15 Å². The second kappa shape index (κ2) is 5.01. The molecule has 0 fully saturated rings. The average Bonchev–Trinajstić information content (AvgIpc) is 2.64. The molecule has 2 N–H and O–H groups in total. The third-order valence-corrected chi connectivity index (χ3v) is 2.17. The molecule has 6 nitrogen and oxygen atoms in total. The third-order valence-electron chi connectivity index (χ3n) is 1.97. The number of hydrogen-bond acceptors (Lipinski definition) is 5. The van der Waals surface area contributed by atoms with Crippen molar-refractivity contribution in [3.63, 3.8) is 0 Å². The summed E-state index contributed by atoms with van der Waals surface area (Å²) in [5, 5.41) is 4.37. The summed E-state index contributed by atoms with van der Waals surface area (Å²) in [4.78, 5) is 7.65. The minimum atomic E-state index is 0.0773. The summed E-state index contributed by atoms with van der Waals surface area (Å²) >= 11 is 5.74. The lowest BCUT2D eigenvalue weighted by molar-refractivity contribution is 0.461. The van der Waals surface area contributed by atoms with Gasteiger partial charge >= 0.3 is 0 Å². The van der Waals surface area contributed by atoms with Gasteiger partial charge in [-0.15, -0.1) is 0 Å². The van der Waals surface area contributed by atoms with Gasteiger partial charge in [0.05, 0.1) is 12.4 Å². The SMILES string of the molecule is CCCn1cc(Oc2cc(Cl)nc(N)n2)cn1. The van der Waals surface area contributed by atoms with E-state index in [0.717, 1.165) is 13.0 Å². The molecule has 0 aliphatic heterocycles. The van der Waals surface area contributed by atoms with Crippen LogP contribution in [0.1, 0.15) is 13.3 Å². The predicted octanol–water partition coefficient (Wildman–Crippen LogP) is 2.11. The Balaban J connectivity index is 2.13. The van der Waals surface area contributed by atoms with Crippen LogP contribution in [0.4, 0.5) is 5.95 Å². The average molecular weight is 254 g/mol. The Kier molecular flexibility index (Phi) is 3.43. The summed E-state index contributed by atoms with van der Waals surface area (Å²) in [6, 6.07) is 1.50. The number of nitrogens with zero attached hydrogens (tertiary/aromatic N) is 4. The van der Waals surface area contributed by atoms with Crippen LogP contribution in [0.5, 0.6) is 11.6 Å². The number of rotatable bonds is 4. The second-order valence-corrected chi connectivity index (χ2v) is 3.82. The Hall–Kier alpha value is -1.82. The maximum absolute atomic E-state index is 5.74. The fraction of sp³-hybridized carbons (Fsp3) is 0.300. The zero-order chi connectivity index (χ0) is 12.3. The highest BCUT2D eigenvalue weighted by atomic mass is 35.5. The quantitative estimate of drug-likeness (QED) is 0.845. The highest BCUT2D eigenvalue weighted by molar-refractivity contribution is 6.29. The first-order valence-corrected chi connectivity index (χ1v) is 5.55. The summed E-state index contributed by atoms with van der Waals surface area (Å²) in [6.45, 7) is 2.92. The minimum Gasteiger partial charge on any atom is -0.435 e. The molecule has 0 saturated carbocycles. The van der Waals surface area contributed by atoms with Gasteiger partial charge < -0.3 is 10.5 Å². The van der Waals surface area contributed by atoms with E-state index in [9.17, 15) is 0 Å². The number of hydrogen-bond donors (Lipinski definition) is 1. The van der Waals surface area contributed by atoms with Crippen LogP contribution in [-0.4, -0.2) is 19.7 Å². The zero-order valence-corrected chi connectivity index (χ0v) is 10.1. The van der Waals surface area contributed by atoms with Crippen LogP contribution in [0.25, 0.3) is 0 Å². The number of aryl methyl sites for hydroxylation is 1. The lowest BCUT2D eigenvalue weighted by atomic mass is 10.5. The largest absolute Gasteiger partial charge is 0.435 e. The van der Waals surface area contributed by atoms with Crippen molar-refractivity contribution < 1.29 is 4.74 Å². The third kappa shape index (κ3) is 3.07. The van der Waals surface area contributed by atoms with Crippen molar-refractivity contribution >= 4 is 17.5 Å². The summed E-state index contributed by atoms with van der Waals surface area (Å²) in [6.07, 6.45) is 4.41. The van der Waals surface area contributed by atoms with Crippen molar-refractivity contribution in [2.45, 2.75) is 19.9 Å². The van der Waals surface area contributed by atoms with Crippen LogP contribution >= 0.6 is 11.6 Å². The summed E-state index contributed by atoms with van der Waals surface area (Å²) in [5.74, 6) is 0.972. The fourth-order valence-electron chi connectivity index (χ4n) is 1.34. The zero-order valence-electron chi connectivity index (χ0n) is 9.30. The van der Waals surface area contributed by atoms with E-state index in [1.165, 1.54) is 6.07 Å². The van der Waals surface area contributed by atoms with E-state index in [1.807, 2.05) is 0 Å². The molecule has 2 aromatic rings. The number of nitrogens with two attached hydrogens (primary N) is 1. The Morgan fingerprint density at radius 3 is 3.00 bits per heavy atom. The number of nitrogen functional groups attached to an aromatic ring is 1. The van der Waals surface area contributed by atoms with E-state index in [4.69, 9.17) is 22.1 Å². The lowest BCUT2D eigenvalue weighted by Gasteiger charge is -2.02. The van der Waals surface area contributed by atoms with Gasteiger partial charge in [0, 0.05) is 12.6 Å². The Labute approximate surface area is 103 Å². The molecular formula is C10H12ClN5O. The molecule has 2 aromatic heterocycles. The van der Waals surface area contributed by atoms with Gasteiger partial charge in [0.25, 0.3) is 0 Å². The first-order valence-electron chi connectivity index (χ1n) is 5.17. The Morgan fingerprint density at radius 2 is 2.29 bits per heavy atom. The predicted molar refractivity (Wildman–Crippen MR) is 64.0 cm³/mol. The van der Waals surface area contributed by atoms with Gasteiger partial charge in [0.1, 0.15) is 5.15 Å². The topological polar surface area (TPSA) is 78.9 Å². The van der Waals surface area contributed by atoms with Crippen molar-refractivity contribution in [2.75, 3.05) is 5.73 Å². The molecule has 90 valence electrons. The molecule has 7 heteroatoms. The van der Waals surface area contributed by atoms with Crippen LogP contribution in [0.3, 0.4) is 0 Å². The molecule has 0 saturated heterocycles. The fourth-order valence-corrected chi connectivity index (χ4v) is 1.52. The van der Waals surface area contributed by atoms with Gasteiger partial charge in [0.2, 0.25) is 11.8 Å². The maximum Gasteiger partial charge on any atom is 0.225 e. The van der Waals surface area contributed by atoms with Gasteiger partial charge in [-0.1, -0.05) is 18.5 Å². The highest BCUT2D eigenvalue weighted by Gasteiger charge is 2.05. The monoisotopic (exact) mass is 253 g/mol. The van der Waals surface area contributed by atoms with E-state index in [0.29, 0.717) is 11.6 Å². The highest BCUT2D eigenvalue weighted by Crippen LogP contribution is 2.21. The standard InChI is InChI=1S/C10H12ClN5O/c1-2-3-16-6-7(5-13-16)17-9-4-8(11)14-10(12)15-9/h4-6H,2-3H2,1H3,(H2,12,14,15). The molecule has 17 heavy (non-hydrogen) atoms. The number of anilines is 1. The van der Waals surface area contributed by atoms with Crippen molar-refractivity contribution in [3.05, 3.63) is 23.6 Å². The van der Waals surface area contributed by atoms with E-state index >= 15 is 0 Å². The van der Waals surface area contributed by atoms with E-state index < -0.39 is 0 Å². The van der Waals surface area contributed by atoms with Gasteiger partial charge in [-0.05, 0) is 6.42 Å². The Bertz CT molecular complexity index is 493. The first-order chi connectivity index (χ1) is 8.17. The van der Waals surface area contributed by atoms with E-state index in [-0.39, 0.29) is 11.1 Å². The summed E-state index contributed by atoms with van der Waals surface area (Å²) in [7, 11) is 0. The van der Waals surface area contributed by atoms with Gasteiger partial charge in [-0.3, -0.25) is 4.68 Å². The molecule has 0 spiro atoms. The lowest BCUT2D eigenvalue weighted by Crippen LogP contribution is -1.97. The van der Waals surface area contributed by atoms with Crippen molar-refractivity contribution in [3.8, 4) is 11.6 Å². The van der Waals surface area contributed by atoms with Gasteiger partial charge in [-0.25, -0.2) is 4.98 Å². The van der Waals surface area contributed by atoms with Crippen LogP contribution in [0.15, 0.2) is 18.5 Å². The van der Waals surface area contributed by atoms with Crippen LogP contribution in [0, 0.1) is 0 Å². The minimum absolute atomic E-state index is 0.0773. The molecule has 2 heterocycles. The van der Waals surface area contributed by atoms with Crippen LogP contribution < -0.4 is 10.5 Å². The molecule has 0 amide bonds. The molecule has 0 radical (unpaired) electrons. The van der Waals surface area contributed by atoms with E-state index in [2.05, 4.69) is 22.0 Å². The van der Waals surface area contributed by atoms with Crippen LogP contribution in [-0.2, 0) is 6.54 Å². The number of aromatic nitrogens is 4. The second-order valence-electron chi connectivity index (χ2n) is 3.43. The molecule has 0 aromatic carbocycles. The first kappa shape index (κ1) is 11.7. The van der Waals surface area contributed by atoms with Gasteiger partial charge in [0.15, 0.2) is 5.75 Å². The van der Waals surface area contributed by atoms with Crippen molar-refractivity contribution in [2.24, 2.45) is 0 Å². The molecule has 0 aliphatic rings. The maximum atomic E-state index is 5.74. The van der Waals surface area contributed by atoms with E-state index in [1.54, 1.807) is 17.1 Å². The van der Waals surface area contributed by atoms with Crippen molar-refractivity contribution in [1.29, 1.82) is 0 Å². The molecule has 0 unspecified atom stereocenters. The normalized spacial score (nSPS) is 10.5. The smallest absolute Gasteiger partial charge is 0.225 e. The molecule has 0 bridgehead atoms. The van der Waals surface area contributed by atoms with Crippen molar-refractivity contribution in [1.82, 2.24) is 19.7 Å². The summed E-state index contributed by atoms with van der Waals surface area (Å²) in [5.41, 5.74) is 5.46. The molecule has 0 atom stereocenters. The molecular weight excluding hydrogens is 242 g/mol.